The molecule has 240 valence electrons. The van der Waals surface area contributed by atoms with Crippen LogP contribution in [0.25, 0.3) is 66.2 Å². The summed E-state index contributed by atoms with van der Waals surface area (Å²) in [5.41, 5.74) is 12.2. The van der Waals surface area contributed by atoms with Gasteiger partial charge in [-0.3, -0.25) is 4.57 Å². The Morgan fingerprint density at radius 1 is 0.353 bits per heavy atom. The van der Waals surface area contributed by atoms with Crippen LogP contribution in [-0.2, 0) is 0 Å². The Labute approximate surface area is 295 Å². The minimum atomic E-state index is 0.958. The third kappa shape index (κ3) is 4.80. The fourth-order valence-electron chi connectivity index (χ4n) is 7.64. The molecule has 0 unspecified atom stereocenters. The smallest absolute Gasteiger partial charge is 0.145 e. The van der Waals surface area contributed by atoms with Crippen LogP contribution in [-0.4, -0.2) is 14.1 Å². The van der Waals surface area contributed by atoms with Crippen LogP contribution >= 0.6 is 0 Å². The molecule has 0 radical (unpaired) electrons. The van der Waals surface area contributed by atoms with E-state index < -0.39 is 0 Å². The van der Waals surface area contributed by atoms with Crippen molar-refractivity contribution in [2.45, 2.75) is 0 Å². The molecule has 0 fully saturated rings. The van der Waals surface area contributed by atoms with Gasteiger partial charge in [-0.1, -0.05) is 109 Å². The highest BCUT2D eigenvalue weighted by molar-refractivity contribution is 6.11. The van der Waals surface area contributed by atoms with E-state index in [1.54, 1.807) is 0 Å². The van der Waals surface area contributed by atoms with E-state index in [1.807, 2.05) is 6.20 Å². The van der Waals surface area contributed by atoms with Crippen LogP contribution in [0, 0.1) is 0 Å². The maximum atomic E-state index is 5.11. The lowest BCUT2D eigenvalue weighted by molar-refractivity contribution is 1.14. The van der Waals surface area contributed by atoms with Crippen molar-refractivity contribution in [2.24, 2.45) is 0 Å². The van der Waals surface area contributed by atoms with Gasteiger partial charge < -0.3 is 9.47 Å². The molecule has 0 N–H and O–H groups in total. The molecule has 0 saturated heterocycles. The number of fused-ring (bicyclic) bond motifs is 6. The van der Waals surface area contributed by atoms with Gasteiger partial charge in [0.15, 0.2) is 0 Å². The average molecular weight is 653 g/mol. The van der Waals surface area contributed by atoms with E-state index in [-0.39, 0.29) is 0 Å². The highest BCUT2D eigenvalue weighted by Crippen LogP contribution is 2.39. The summed E-state index contributed by atoms with van der Waals surface area (Å²) in [5.74, 6) is 0. The van der Waals surface area contributed by atoms with Crippen molar-refractivity contribution >= 4 is 60.8 Å². The largest absolute Gasteiger partial charge is 0.310 e. The van der Waals surface area contributed by atoms with Crippen LogP contribution in [0.3, 0.4) is 0 Å². The molecule has 3 heterocycles. The van der Waals surface area contributed by atoms with E-state index in [9.17, 15) is 0 Å². The summed E-state index contributed by atoms with van der Waals surface area (Å²) in [5, 5.41) is 4.78. The van der Waals surface area contributed by atoms with Crippen molar-refractivity contribution in [3.8, 4) is 22.5 Å². The second-order valence-corrected chi connectivity index (χ2v) is 12.9. The predicted octanol–water partition coefficient (Wildman–Crippen LogP) is 12.4. The molecule has 4 heteroatoms. The van der Waals surface area contributed by atoms with Crippen molar-refractivity contribution in [2.75, 3.05) is 4.90 Å². The summed E-state index contributed by atoms with van der Waals surface area (Å²) in [6, 6.07) is 66.9. The van der Waals surface area contributed by atoms with E-state index >= 15 is 0 Å². The Morgan fingerprint density at radius 3 is 1.61 bits per heavy atom. The van der Waals surface area contributed by atoms with Gasteiger partial charge in [0.25, 0.3) is 0 Å². The van der Waals surface area contributed by atoms with Crippen LogP contribution in [0.4, 0.5) is 17.1 Å². The number of nitrogens with zero attached hydrogens (tertiary/aromatic N) is 4. The van der Waals surface area contributed by atoms with Crippen LogP contribution in [0.1, 0.15) is 0 Å². The number of para-hydroxylation sites is 5. The Kier molecular flexibility index (Phi) is 6.78. The lowest BCUT2D eigenvalue weighted by atomic mass is 10.0. The monoisotopic (exact) mass is 652 g/mol. The third-order valence-corrected chi connectivity index (χ3v) is 9.91. The molecule has 0 aliphatic rings. The molecule has 0 spiro atoms. The first kappa shape index (κ1) is 29.0. The maximum absolute atomic E-state index is 5.11. The standard InChI is InChI=1S/C47H32N4/c1-4-15-35(16-5-1)49(36-17-6-2-7-18-36)38-21-14-22-39(31-38)50-44-25-12-10-23-40(44)42-28-27-33(30-46(42)50)34-29-43-41-24-11-13-26-45(41)51(47(43)48-32-34)37-19-8-3-9-20-37/h1-32H. The van der Waals surface area contributed by atoms with E-state index in [1.165, 1.54) is 21.7 Å². The highest BCUT2D eigenvalue weighted by Gasteiger charge is 2.18. The lowest BCUT2D eigenvalue weighted by Crippen LogP contribution is -2.10. The summed E-state index contributed by atoms with van der Waals surface area (Å²) in [6.45, 7) is 0. The van der Waals surface area contributed by atoms with Gasteiger partial charge in [0, 0.05) is 61.7 Å². The van der Waals surface area contributed by atoms with Crippen LogP contribution < -0.4 is 4.90 Å². The minimum Gasteiger partial charge on any atom is -0.310 e. The highest BCUT2D eigenvalue weighted by atomic mass is 15.1. The molecule has 0 bridgehead atoms. The summed E-state index contributed by atoms with van der Waals surface area (Å²) in [6.07, 6.45) is 2.02. The SMILES string of the molecule is c1ccc(N(c2ccccc2)c2cccc(-n3c4ccccc4c4ccc(-c5cnc6c(c5)c5ccccc5n6-c5ccccc5)cc43)c2)cc1. The van der Waals surface area contributed by atoms with E-state index in [2.05, 4.69) is 202 Å². The topological polar surface area (TPSA) is 26.0 Å². The zero-order valence-corrected chi connectivity index (χ0v) is 27.8. The maximum Gasteiger partial charge on any atom is 0.145 e. The molecule has 4 nitrogen and oxygen atoms in total. The van der Waals surface area contributed by atoms with Crippen molar-refractivity contribution in [1.29, 1.82) is 0 Å². The molecule has 0 aliphatic carbocycles. The van der Waals surface area contributed by atoms with Gasteiger partial charge in [0.1, 0.15) is 5.65 Å². The number of hydrogen-bond acceptors (Lipinski definition) is 2. The number of benzene rings is 7. The first-order chi connectivity index (χ1) is 25.3. The number of rotatable bonds is 6. The summed E-state index contributed by atoms with van der Waals surface area (Å²) in [4.78, 5) is 7.43. The Bertz CT molecular complexity index is 2810. The Hall–Kier alpha value is -6.91. The Morgan fingerprint density at radius 2 is 0.902 bits per heavy atom. The zero-order valence-electron chi connectivity index (χ0n) is 27.8. The summed E-state index contributed by atoms with van der Waals surface area (Å²) in [7, 11) is 0. The van der Waals surface area contributed by atoms with Gasteiger partial charge in [0.2, 0.25) is 0 Å². The van der Waals surface area contributed by atoms with Gasteiger partial charge in [-0.15, -0.1) is 0 Å². The molecule has 0 aliphatic heterocycles. The molecule has 7 aromatic carbocycles. The number of hydrogen-bond donors (Lipinski definition) is 0. The number of anilines is 3. The molecule has 10 aromatic rings. The van der Waals surface area contributed by atoms with Gasteiger partial charge >= 0.3 is 0 Å². The van der Waals surface area contributed by atoms with Gasteiger partial charge in [-0.25, -0.2) is 4.98 Å². The van der Waals surface area contributed by atoms with Gasteiger partial charge in [-0.2, -0.15) is 0 Å². The fourth-order valence-corrected chi connectivity index (χ4v) is 7.64. The first-order valence-corrected chi connectivity index (χ1v) is 17.3. The van der Waals surface area contributed by atoms with E-state index in [0.717, 1.165) is 61.6 Å². The summed E-state index contributed by atoms with van der Waals surface area (Å²) < 4.78 is 4.66. The molecular formula is C47H32N4. The van der Waals surface area contributed by atoms with Crippen LogP contribution in [0.15, 0.2) is 194 Å². The third-order valence-electron chi connectivity index (χ3n) is 9.91. The minimum absolute atomic E-state index is 0.958. The van der Waals surface area contributed by atoms with Crippen LogP contribution in [0.5, 0.6) is 0 Å². The Balaban J connectivity index is 1.16. The predicted molar refractivity (Wildman–Crippen MR) is 213 cm³/mol. The van der Waals surface area contributed by atoms with Crippen molar-refractivity contribution < 1.29 is 0 Å². The second-order valence-electron chi connectivity index (χ2n) is 12.9. The van der Waals surface area contributed by atoms with Crippen molar-refractivity contribution in [3.63, 3.8) is 0 Å². The van der Waals surface area contributed by atoms with Gasteiger partial charge in [0.05, 0.1) is 16.6 Å². The number of pyridine rings is 1. The molecule has 10 rings (SSSR count). The molecule has 0 atom stereocenters. The van der Waals surface area contributed by atoms with E-state index in [0.29, 0.717) is 0 Å². The normalized spacial score (nSPS) is 11.5. The lowest BCUT2D eigenvalue weighted by Gasteiger charge is -2.26. The van der Waals surface area contributed by atoms with Crippen molar-refractivity contribution in [3.05, 3.63) is 194 Å². The quantitative estimate of drug-likeness (QED) is 0.179. The molecule has 3 aromatic heterocycles. The fraction of sp³-hybridized carbons (Fsp3) is 0. The zero-order chi connectivity index (χ0) is 33.7. The second kappa shape index (κ2) is 11.9. The van der Waals surface area contributed by atoms with Gasteiger partial charge in [-0.05, 0) is 84.4 Å². The number of aromatic nitrogens is 3. The first-order valence-electron chi connectivity index (χ1n) is 17.3. The molecule has 0 amide bonds. The average Bonchev–Trinajstić information content (AvgIpc) is 3.71. The molecule has 51 heavy (non-hydrogen) atoms. The van der Waals surface area contributed by atoms with Crippen molar-refractivity contribution in [1.82, 2.24) is 14.1 Å². The molecular weight excluding hydrogens is 621 g/mol. The molecule has 0 saturated carbocycles. The van der Waals surface area contributed by atoms with E-state index in [4.69, 9.17) is 4.98 Å². The van der Waals surface area contributed by atoms with Crippen LogP contribution in [0.2, 0.25) is 0 Å². The summed E-state index contributed by atoms with van der Waals surface area (Å²) >= 11 is 0.